The number of carbonyl (C=O) groups is 3. The van der Waals surface area contributed by atoms with Crippen molar-refractivity contribution in [2.75, 3.05) is 20.2 Å². The van der Waals surface area contributed by atoms with Gasteiger partial charge in [-0.15, -0.1) is 0 Å². The Balaban J connectivity index is 1.18. The Kier molecular flexibility index (Phi) is 8.76. The number of imidazole rings is 2. The highest BCUT2D eigenvalue weighted by Crippen LogP contribution is 2.35. The van der Waals surface area contributed by atoms with Crippen molar-refractivity contribution >= 4 is 18.2 Å². The van der Waals surface area contributed by atoms with Crippen LogP contribution in [0.1, 0.15) is 75.9 Å². The van der Waals surface area contributed by atoms with Crippen molar-refractivity contribution in [3.8, 4) is 33.6 Å². The largest absolute Gasteiger partial charge is 0.469 e. The third-order valence-electron chi connectivity index (χ3n) is 8.63. The molecule has 4 aromatic rings. The number of hydrogen-bond acceptors (Lipinski definition) is 7. The minimum Gasteiger partial charge on any atom is -0.469 e. The van der Waals surface area contributed by atoms with Gasteiger partial charge in [-0.2, -0.15) is 0 Å². The third kappa shape index (κ3) is 6.86. The van der Waals surface area contributed by atoms with E-state index in [0.717, 1.165) is 53.0 Å². The molecule has 2 aromatic carbocycles. The number of methoxy groups -OCH3 is 1. The van der Waals surface area contributed by atoms with Gasteiger partial charge in [0.25, 0.3) is 0 Å². The highest BCUT2D eigenvalue weighted by atomic mass is 16.6. The summed E-state index contributed by atoms with van der Waals surface area (Å²) in [6, 6.07) is 15.5. The van der Waals surface area contributed by atoms with E-state index in [2.05, 4.69) is 9.97 Å². The summed E-state index contributed by atoms with van der Waals surface area (Å²) in [7, 11) is 1.34. The van der Waals surface area contributed by atoms with Crippen LogP contribution in [0.25, 0.3) is 33.6 Å². The monoisotopic (exact) mass is 640 g/mol. The number of carbonyl (C=O) groups excluding carboxylic acids is 2. The Hall–Kier alpha value is -5.13. The lowest BCUT2D eigenvalue weighted by atomic mass is 10.0. The third-order valence-corrected chi connectivity index (χ3v) is 8.63. The van der Waals surface area contributed by atoms with Crippen LogP contribution in [-0.4, -0.2) is 78.8 Å². The molecule has 3 N–H and O–H groups in total. The zero-order valence-electron chi connectivity index (χ0n) is 27.1. The maximum Gasteiger partial charge on any atom is 0.410 e. The predicted molar refractivity (Wildman–Crippen MR) is 174 cm³/mol. The Morgan fingerprint density at radius 1 is 0.851 bits per heavy atom. The first-order valence-corrected chi connectivity index (χ1v) is 15.9. The number of aromatic amines is 2. The van der Waals surface area contributed by atoms with Gasteiger partial charge in [-0.25, -0.2) is 19.6 Å². The van der Waals surface area contributed by atoms with E-state index in [4.69, 9.17) is 19.4 Å². The number of aromatic nitrogens is 4. The summed E-state index contributed by atoms with van der Waals surface area (Å²) in [5.74, 6) is 0.873. The molecule has 6 rings (SSSR count). The van der Waals surface area contributed by atoms with Gasteiger partial charge in [0.2, 0.25) is 0 Å². The number of amides is 2. The zero-order valence-corrected chi connectivity index (χ0v) is 27.1. The first-order valence-electron chi connectivity index (χ1n) is 15.9. The van der Waals surface area contributed by atoms with Crippen LogP contribution in [0.5, 0.6) is 0 Å². The number of carboxylic acid groups (broad SMARTS) is 1. The summed E-state index contributed by atoms with van der Waals surface area (Å²) >= 11 is 0. The van der Waals surface area contributed by atoms with Crippen LogP contribution in [0, 0.1) is 0 Å². The number of nitrogens with one attached hydrogen (secondary N) is 2. The maximum atomic E-state index is 12.8. The molecule has 2 saturated heterocycles. The van der Waals surface area contributed by atoms with Gasteiger partial charge in [-0.1, -0.05) is 48.5 Å². The van der Waals surface area contributed by atoms with Gasteiger partial charge in [0, 0.05) is 30.4 Å². The van der Waals surface area contributed by atoms with E-state index in [1.165, 1.54) is 12.0 Å². The van der Waals surface area contributed by atoms with Crippen LogP contribution < -0.4 is 0 Å². The van der Waals surface area contributed by atoms with Crippen LogP contribution in [0.4, 0.5) is 9.59 Å². The lowest BCUT2D eigenvalue weighted by Crippen LogP contribution is -2.36. The molecule has 2 aliphatic rings. The van der Waals surface area contributed by atoms with E-state index in [1.54, 1.807) is 4.90 Å². The molecule has 0 bridgehead atoms. The van der Waals surface area contributed by atoms with Gasteiger partial charge in [-0.05, 0) is 57.6 Å². The first-order chi connectivity index (χ1) is 22.5. The van der Waals surface area contributed by atoms with Gasteiger partial charge in [0.1, 0.15) is 17.2 Å². The summed E-state index contributed by atoms with van der Waals surface area (Å²) in [5.41, 5.74) is 5.21. The quantitative estimate of drug-likeness (QED) is 0.188. The molecule has 12 nitrogen and oxygen atoms in total. The fourth-order valence-electron chi connectivity index (χ4n) is 6.35. The Labute approximate surface area is 273 Å². The number of H-pyrrole nitrogens is 2. The molecule has 2 fully saturated rings. The fraction of sp³-hybridized carbons (Fsp3) is 0.400. The Morgan fingerprint density at radius 3 is 2.02 bits per heavy atom. The Bertz CT molecular complexity index is 1750. The number of likely N-dealkylation sites (tertiary alicyclic amines) is 2. The van der Waals surface area contributed by atoms with Crippen molar-refractivity contribution < 1.29 is 29.0 Å². The van der Waals surface area contributed by atoms with E-state index < -0.39 is 17.7 Å². The SMILES string of the molecule is COC(=O)Cc1[nH]c([C@@H]2CCCN2C(=O)O)nc1-c1ccc(-c2ccc(-c3c[nH]c([C@@H]4CCCN4C(=O)OC(C)(C)C)n3)cc2)cc1. The number of benzene rings is 2. The van der Waals surface area contributed by atoms with Crippen molar-refractivity contribution in [1.82, 2.24) is 29.7 Å². The van der Waals surface area contributed by atoms with E-state index in [0.29, 0.717) is 36.7 Å². The first kappa shape index (κ1) is 31.8. The molecule has 0 saturated carbocycles. The van der Waals surface area contributed by atoms with Crippen molar-refractivity contribution in [1.29, 1.82) is 0 Å². The number of rotatable bonds is 7. The molecule has 47 heavy (non-hydrogen) atoms. The number of esters is 1. The maximum absolute atomic E-state index is 12.8. The van der Waals surface area contributed by atoms with Gasteiger partial charge in [-0.3, -0.25) is 14.6 Å². The number of hydrogen-bond donors (Lipinski definition) is 3. The molecular formula is C35H40N6O6. The highest BCUT2D eigenvalue weighted by Gasteiger charge is 2.35. The molecular weight excluding hydrogens is 600 g/mol. The predicted octanol–water partition coefficient (Wildman–Crippen LogP) is 6.74. The van der Waals surface area contributed by atoms with Crippen molar-refractivity contribution in [3.63, 3.8) is 0 Å². The van der Waals surface area contributed by atoms with Gasteiger partial charge in [0.15, 0.2) is 0 Å². The average Bonchev–Trinajstić information content (AvgIpc) is 3.86. The topological polar surface area (TPSA) is 154 Å². The van der Waals surface area contributed by atoms with Crippen LogP contribution in [-0.2, 0) is 20.7 Å². The molecule has 4 heterocycles. The summed E-state index contributed by atoms with van der Waals surface area (Å²) in [4.78, 5) is 56.0. The second-order valence-electron chi connectivity index (χ2n) is 13.0. The summed E-state index contributed by atoms with van der Waals surface area (Å²) in [6.45, 7) is 6.69. The molecule has 2 aliphatic heterocycles. The summed E-state index contributed by atoms with van der Waals surface area (Å²) < 4.78 is 10.5. The van der Waals surface area contributed by atoms with Crippen molar-refractivity contribution in [3.05, 3.63) is 72.1 Å². The van der Waals surface area contributed by atoms with Gasteiger partial charge >= 0.3 is 18.2 Å². The minimum atomic E-state index is -0.985. The van der Waals surface area contributed by atoms with Crippen LogP contribution in [0.2, 0.25) is 0 Å². The second-order valence-corrected chi connectivity index (χ2v) is 13.0. The Morgan fingerprint density at radius 2 is 1.43 bits per heavy atom. The van der Waals surface area contributed by atoms with E-state index >= 15 is 0 Å². The summed E-state index contributed by atoms with van der Waals surface area (Å²) in [5, 5.41) is 9.63. The molecule has 0 radical (unpaired) electrons. The van der Waals surface area contributed by atoms with Crippen LogP contribution in [0.3, 0.4) is 0 Å². The normalized spacial score (nSPS) is 18.0. The van der Waals surface area contributed by atoms with Crippen LogP contribution >= 0.6 is 0 Å². The fourth-order valence-corrected chi connectivity index (χ4v) is 6.35. The molecule has 0 aliphatic carbocycles. The molecule has 246 valence electrons. The second kappa shape index (κ2) is 12.9. The van der Waals surface area contributed by atoms with E-state index in [-0.39, 0.29) is 24.6 Å². The van der Waals surface area contributed by atoms with E-state index in [9.17, 15) is 19.5 Å². The number of ether oxygens (including phenoxy) is 2. The number of nitrogens with zero attached hydrogens (tertiary/aromatic N) is 4. The van der Waals surface area contributed by atoms with Gasteiger partial charge in [0.05, 0.1) is 42.7 Å². The molecule has 2 aromatic heterocycles. The standard InChI is InChI=1S/C35H40N6O6/c1-35(2,3)47-34(45)41-18-6-7-27(41)31-36-20-26(38-31)23-13-9-21(10-14-23)22-11-15-24(16-12-22)30-25(19-29(42)46-4)37-32(39-30)28-8-5-17-40(28)33(43)44/h9-16,20,27-28H,5-8,17-19H2,1-4H3,(H,36,38)(H,37,39)(H,43,44)/t27-,28-/m0/s1. The molecule has 0 unspecified atom stereocenters. The smallest absolute Gasteiger partial charge is 0.410 e. The van der Waals surface area contributed by atoms with Gasteiger partial charge < -0.3 is 24.5 Å². The minimum absolute atomic E-state index is 0.00345. The lowest BCUT2D eigenvalue weighted by molar-refractivity contribution is -0.139. The van der Waals surface area contributed by atoms with E-state index in [1.807, 2.05) is 75.5 Å². The average molecular weight is 641 g/mol. The van der Waals surface area contributed by atoms with Crippen molar-refractivity contribution in [2.45, 2.75) is 70.6 Å². The molecule has 2 atom stereocenters. The van der Waals surface area contributed by atoms with Crippen LogP contribution in [0.15, 0.2) is 54.7 Å². The molecule has 12 heteroatoms. The molecule has 2 amide bonds. The highest BCUT2D eigenvalue weighted by molar-refractivity contribution is 5.77. The summed E-state index contributed by atoms with van der Waals surface area (Å²) in [6.07, 6.45) is 3.70. The molecule has 0 spiro atoms. The lowest BCUT2D eigenvalue weighted by Gasteiger charge is -2.27. The van der Waals surface area contributed by atoms with Crippen molar-refractivity contribution in [2.24, 2.45) is 0 Å². The zero-order chi connectivity index (χ0) is 33.3.